The largest absolute Gasteiger partial charge is 0.379 e. The Balaban J connectivity index is 1.34. The van der Waals surface area contributed by atoms with Gasteiger partial charge in [-0.2, -0.15) is 5.10 Å². The Morgan fingerprint density at radius 2 is 2.04 bits per heavy atom. The van der Waals surface area contributed by atoms with Crippen molar-refractivity contribution in [2.24, 2.45) is 7.05 Å². The molecule has 1 saturated heterocycles. The van der Waals surface area contributed by atoms with Gasteiger partial charge in [-0.15, -0.1) is 0 Å². The van der Waals surface area contributed by atoms with Crippen molar-refractivity contribution in [3.63, 3.8) is 0 Å². The number of H-pyrrole nitrogens is 1. The van der Waals surface area contributed by atoms with E-state index in [0.29, 0.717) is 18.0 Å². The number of hydrogen-bond donors (Lipinski definition) is 1. The minimum atomic E-state index is 0.551. The van der Waals surface area contributed by atoms with Crippen LogP contribution in [-0.2, 0) is 11.8 Å². The van der Waals surface area contributed by atoms with E-state index in [-0.39, 0.29) is 0 Å². The van der Waals surface area contributed by atoms with Crippen LogP contribution in [0.2, 0.25) is 0 Å². The van der Waals surface area contributed by atoms with Crippen LogP contribution in [0.1, 0.15) is 44.1 Å². The summed E-state index contributed by atoms with van der Waals surface area (Å²) < 4.78 is 7.46. The molecular formula is C22H29N5O. The number of fused-ring (bicyclic) bond motifs is 1. The molecule has 28 heavy (non-hydrogen) atoms. The number of rotatable bonds is 3. The van der Waals surface area contributed by atoms with E-state index in [1.54, 1.807) is 0 Å². The van der Waals surface area contributed by atoms with Crippen molar-refractivity contribution < 1.29 is 4.74 Å². The first-order chi connectivity index (χ1) is 13.7. The summed E-state index contributed by atoms with van der Waals surface area (Å²) in [7, 11) is 1.95. The van der Waals surface area contributed by atoms with Gasteiger partial charge in [0.25, 0.3) is 0 Å². The highest BCUT2D eigenvalue weighted by molar-refractivity contribution is 5.93. The summed E-state index contributed by atoms with van der Waals surface area (Å²) in [5.41, 5.74) is 4.66. The van der Waals surface area contributed by atoms with Gasteiger partial charge in [0.15, 0.2) is 0 Å². The Bertz CT molecular complexity index is 953. The minimum absolute atomic E-state index is 0.551. The lowest BCUT2D eigenvalue weighted by Crippen LogP contribution is -2.50. The summed E-state index contributed by atoms with van der Waals surface area (Å²) in [6.45, 7) is 5.15. The van der Waals surface area contributed by atoms with Crippen molar-refractivity contribution in [1.29, 1.82) is 0 Å². The monoisotopic (exact) mass is 379 g/mol. The summed E-state index contributed by atoms with van der Waals surface area (Å²) in [6, 6.07) is 3.61. The second-order valence-corrected chi connectivity index (χ2v) is 8.44. The molecule has 1 atom stereocenters. The number of aromatic nitrogens is 4. The molecule has 6 nitrogen and oxygen atoms in total. The van der Waals surface area contributed by atoms with Crippen molar-refractivity contribution in [2.75, 3.05) is 19.8 Å². The molecule has 2 aliphatic rings. The van der Waals surface area contributed by atoms with Crippen LogP contribution >= 0.6 is 0 Å². The Hall–Kier alpha value is -2.18. The molecule has 148 valence electrons. The van der Waals surface area contributed by atoms with Gasteiger partial charge in [0, 0.05) is 60.8 Å². The molecule has 5 rings (SSSR count). The highest BCUT2D eigenvalue weighted by Crippen LogP contribution is 2.37. The van der Waals surface area contributed by atoms with Crippen LogP contribution in [0.5, 0.6) is 0 Å². The fourth-order valence-corrected chi connectivity index (χ4v) is 5.07. The fourth-order valence-electron chi connectivity index (χ4n) is 5.07. The first kappa shape index (κ1) is 17.9. The molecule has 0 unspecified atom stereocenters. The molecule has 0 spiro atoms. The maximum Gasteiger partial charge on any atom is 0.137 e. The first-order valence-electron chi connectivity index (χ1n) is 10.5. The highest BCUT2D eigenvalue weighted by Gasteiger charge is 2.31. The number of morpholine rings is 1. The summed E-state index contributed by atoms with van der Waals surface area (Å²) in [6.07, 6.45) is 13.1. The van der Waals surface area contributed by atoms with E-state index in [9.17, 15) is 0 Å². The standard InChI is InChI=1S/C22H29N5O/c1-15-14-28-8-7-27(15)19-5-3-16(4-6-19)17-9-20-21(12-24-22(20)23-10-17)18-11-25-26(2)13-18/h9-13,15-16,19H,3-8,14H2,1-2H3,(H,23,24)/t15-,16-,19+/m0/s1. The summed E-state index contributed by atoms with van der Waals surface area (Å²) >= 11 is 0. The normalized spacial score (nSPS) is 26.7. The molecule has 0 aromatic carbocycles. The van der Waals surface area contributed by atoms with Gasteiger partial charge < -0.3 is 9.72 Å². The molecule has 0 bridgehead atoms. The van der Waals surface area contributed by atoms with Crippen LogP contribution in [0.3, 0.4) is 0 Å². The summed E-state index contributed by atoms with van der Waals surface area (Å²) in [4.78, 5) is 10.7. The molecule has 3 aromatic rings. The molecule has 4 heterocycles. The zero-order valence-electron chi connectivity index (χ0n) is 16.8. The van der Waals surface area contributed by atoms with Gasteiger partial charge in [0.1, 0.15) is 5.65 Å². The number of pyridine rings is 1. The highest BCUT2D eigenvalue weighted by atomic mass is 16.5. The van der Waals surface area contributed by atoms with Gasteiger partial charge in [-0.05, 0) is 50.2 Å². The molecule has 0 amide bonds. The van der Waals surface area contributed by atoms with Crippen LogP contribution in [0.4, 0.5) is 0 Å². The van der Waals surface area contributed by atoms with E-state index >= 15 is 0 Å². The Kier molecular flexibility index (Phi) is 4.69. The molecule has 2 fully saturated rings. The molecular weight excluding hydrogens is 350 g/mol. The predicted octanol–water partition coefficient (Wildman–Crippen LogP) is 3.71. The van der Waals surface area contributed by atoms with Crippen molar-refractivity contribution in [3.05, 3.63) is 36.4 Å². The molecule has 1 N–H and O–H groups in total. The molecule has 3 aromatic heterocycles. The number of ether oxygens (including phenoxy) is 1. The second kappa shape index (κ2) is 7.33. The van der Waals surface area contributed by atoms with Gasteiger partial charge in [0.2, 0.25) is 0 Å². The lowest BCUT2D eigenvalue weighted by atomic mass is 9.81. The molecule has 0 radical (unpaired) electrons. The van der Waals surface area contributed by atoms with E-state index in [1.807, 2.05) is 17.9 Å². The first-order valence-corrected chi connectivity index (χ1v) is 10.5. The van der Waals surface area contributed by atoms with Crippen LogP contribution in [0, 0.1) is 0 Å². The summed E-state index contributed by atoms with van der Waals surface area (Å²) in [5, 5.41) is 5.52. The van der Waals surface area contributed by atoms with Crippen molar-refractivity contribution in [1.82, 2.24) is 24.6 Å². The van der Waals surface area contributed by atoms with E-state index < -0.39 is 0 Å². The average molecular weight is 380 g/mol. The zero-order valence-corrected chi connectivity index (χ0v) is 16.8. The third kappa shape index (κ3) is 3.25. The zero-order chi connectivity index (χ0) is 19.1. The van der Waals surface area contributed by atoms with E-state index in [4.69, 9.17) is 9.72 Å². The van der Waals surface area contributed by atoms with E-state index in [0.717, 1.165) is 31.0 Å². The van der Waals surface area contributed by atoms with Crippen molar-refractivity contribution >= 4 is 11.0 Å². The van der Waals surface area contributed by atoms with Gasteiger partial charge in [-0.25, -0.2) is 4.98 Å². The molecule has 1 aliphatic heterocycles. The third-order valence-corrected chi connectivity index (χ3v) is 6.62. The van der Waals surface area contributed by atoms with Crippen LogP contribution in [0.25, 0.3) is 22.2 Å². The number of nitrogens with one attached hydrogen (secondary N) is 1. The maximum atomic E-state index is 5.62. The minimum Gasteiger partial charge on any atom is -0.379 e. The van der Waals surface area contributed by atoms with Crippen LogP contribution < -0.4 is 0 Å². The topological polar surface area (TPSA) is 59.0 Å². The Labute approximate surface area is 165 Å². The molecule has 1 aliphatic carbocycles. The van der Waals surface area contributed by atoms with Gasteiger partial charge >= 0.3 is 0 Å². The SMILES string of the molecule is C[C@H]1COCCN1[C@H]1CC[C@@H](c2cnc3[nH]cc(-c4cnn(C)c4)c3c2)CC1. The number of hydrogen-bond acceptors (Lipinski definition) is 4. The average Bonchev–Trinajstić information content (AvgIpc) is 3.34. The molecule has 6 heteroatoms. The lowest BCUT2D eigenvalue weighted by molar-refractivity contribution is -0.0301. The maximum absolute atomic E-state index is 5.62. The van der Waals surface area contributed by atoms with Crippen molar-refractivity contribution in [3.8, 4) is 11.1 Å². The van der Waals surface area contributed by atoms with E-state index in [2.05, 4.69) is 46.6 Å². The van der Waals surface area contributed by atoms with E-state index in [1.165, 1.54) is 42.2 Å². The predicted molar refractivity (Wildman–Crippen MR) is 110 cm³/mol. The van der Waals surface area contributed by atoms with Crippen molar-refractivity contribution in [2.45, 2.75) is 50.6 Å². The smallest absolute Gasteiger partial charge is 0.137 e. The lowest BCUT2D eigenvalue weighted by Gasteiger charge is -2.42. The summed E-state index contributed by atoms with van der Waals surface area (Å²) in [5.74, 6) is 0.612. The third-order valence-electron chi connectivity index (χ3n) is 6.62. The fraction of sp³-hybridized carbons (Fsp3) is 0.545. The Morgan fingerprint density at radius 1 is 1.18 bits per heavy atom. The van der Waals surface area contributed by atoms with Gasteiger partial charge in [-0.3, -0.25) is 9.58 Å². The number of aryl methyl sites for hydroxylation is 1. The molecule has 1 saturated carbocycles. The number of aromatic amines is 1. The Morgan fingerprint density at radius 3 is 2.79 bits per heavy atom. The van der Waals surface area contributed by atoms with Crippen LogP contribution in [0.15, 0.2) is 30.9 Å². The van der Waals surface area contributed by atoms with Gasteiger partial charge in [0.05, 0.1) is 19.4 Å². The van der Waals surface area contributed by atoms with Crippen LogP contribution in [-0.4, -0.2) is 56.5 Å². The number of nitrogens with zero attached hydrogens (tertiary/aromatic N) is 4. The second-order valence-electron chi connectivity index (χ2n) is 8.44. The quantitative estimate of drug-likeness (QED) is 0.754. The van der Waals surface area contributed by atoms with Gasteiger partial charge in [-0.1, -0.05) is 0 Å².